The second-order valence-corrected chi connectivity index (χ2v) is 6.43. The molecule has 5 heteroatoms. The Bertz CT molecular complexity index is 365. The predicted octanol–water partition coefficient (Wildman–Crippen LogP) is 1.80. The third kappa shape index (κ3) is 2.55. The SMILES string of the molecule is CC1CC(C)CN(C(=O)C2(C(N)=NO)CCCC2)C1. The zero-order chi connectivity index (χ0) is 14.0. The van der Waals surface area contributed by atoms with Gasteiger partial charge in [0.25, 0.3) is 0 Å². The summed E-state index contributed by atoms with van der Waals surface area (Å²) in [6.07, 6.45) is 4.53. The van der Waals surface area contributed by atoms with Crippen LogP contribution in [0.3, 0.4) is 0 Å². The van der Waals surface area contributed by atoms with Crippen LogP contribution in [-0.4, -0.2) is 34.9 Å². The number of likely N-dealkylation sites (tertiary alicyclic amines) is 1. The molecule has 3 N–H and O–H groups in total. The molecule has 2 aliphatic rings. The third-order valence-electron chi connectivity index (χ3n) is 4.62. The Morgan fingerprint density at radius 2 is 1.79 bits per heavy atom. The van der Waals surface area contributed by atoms with Crippen LogP contribution in [-0.2, 0) is 4.79 Å². The number of carbonyl (C=O) groups is 1. The molecule has 1 amide bonds. The van der Waals surface area contributed by atoms with E-state index in [-0.39, 0.29) is 11.7 Å². The molecule has 2 atom stereocenters. The third-order valence-corrected chi connectivity index (χ3v) is 4.62. The quantitative estimate of drug-likeness (QED) is 0.346. The van der Waals surface area contributed by atoms with Crippen LogP contribution < -0.4 is 5.73 Å². The Morgan fingerprint density at radius 1 is 1.26 bits per heavy atom. The van der Waals surface area contributed by atoms with E-state index in [0.29, 0.717) is 24.7 Å². The van der Waals surface area contributed by atoms with Crippen LogP contribution in [0, 0.1) is 17.3 Å². The van der Waals surface area contributed by atoms with Crippen molar-refractivity contribution in [1.82, 2.24) is 4.90 Å². The summed E-state index contributed by atoms with van der Waals surface area (Å²) in [6.45, 7) is 5.95. The second kappa shape index (κ2) is 5.39. The Balaban J connectivity index is 2.20. The van der Waals surface area contributed by atoms with Gasteiger partial charge < -0.3 is 15.8 Å². The molecule has 19 heavy (non-hydrogen) atoms. The first-order chi connectivity index (χ1) is 8.99. The van der Waals surface area contributed by atoms with Gasteiger partial charge in [0.15, 0.2) is 5.84 Å². The minimum absolute atomic E-state index is 0.0682. The van der Waals surface area contributed by atoms with E-state index in [1.165, 1.54) is 6.42 Å². The molecular weight excluding hydrogens is 242 g/mol. The number of carbonyl (C=O) groups excluding carboxylic acids is 1. The lowest BCUT2D eigenvalue weighted by molar-refractivity contribution is -0.141. The topological polar surface area (TPSA) is 78.9 Å². The number of piperidine rings is 1. The molecule has 2 fully saturated rings. The second-order valence-electron chi connectivity index (χ2n) is 6.43. The molecule has 1 aliphatic heterocycles. The maximum atomic E-state index is 12.9. The highest BCUT2D eigenvalue weighted by Crippen LogP contribution is 2.41. The minimum atomic E-state index is -0.745. The van der Waals surface area contributed by atoms with Crippen LogP contribution in [0.4, 0.5) is 0 Å². The molecule has 2 unspecified atom stereocenters. The molecule has 0 aromatic rings. The van der Waals surface area contributed by atoms with Crippen LogP contribution in [0.15, 0.2) is 5.16 Å². The number of oxime groups is 1. The number of nitrogens with zero attached hydrogens (tertiary/aromatic N) is 2. The van der Waals surface area contributed by atoms with Gasteiger partial charge in [0.2, 0.25) is 5.91 Å². The summed E-state index contributed by atoms with van der Waals surface area (Å²) in [4.78, 5) is 14.8. The molecule has 0 aromatic carbocycles. The summed E-state index contributed by atoms with van der Waals surface area (Å²) in [7, 11) is 0. The lowest BCUT2D eigenvalue weighted by Gasteiger charge is -2.40. The van der Waals surface area contributed by atoms with Gasteiger partial charge in [-0.3, -0.25) is 4.79 Å². The molecule has 1 saturated heterocycles. The van der Waals surface area contributed by atoms with Crippen molar-refractivity contribution >= 4 is 11.7 Å². The smallest absolute Gasteiger partial charge is 0.236 e. The van der Waals surface area contributed by atoms with Gasteiger partial charge in [-0.25, -0.2) is 0 Å². The Labute approximate surface area is 114 Å². The summed E-state index contributed by atoms with van der Waals surface area (Å²) < 4.78 is 0. The van der Waals surface area contributed by atoms with Crippen LogP contribution in [0.1, 0.15) is 46.0 Å². The monoisotopic (exact) mass is 267 g/mol. The van der Waals surface area contributed by atoms with Gasteiger partial charge in [-0.1, -0.05) is 31.8 Å². The fourth-order valence-corrected chi connectivity index (χ4v) is 3.79. The molecule has 0 aromatic heterocycles. The van der Waals surface area contributed by atoms with Crippen LogP contribution in [0.2, 0.25) is 0 Å². The van der Waals surface area contributed by atoms with E-state index < -0.39 is 5.41 Å². The number of rotatable bonds is 2. The van der Waals surface area contributed by atoms with Gasteiger partial charge in [0, 0.05) is 13.1 Å². The molecule has 5 nitrogen and oxygen atoms in total. The highest BCUT2D eigenvalue weighted by molar-refractivity contribution is 6.07. The summed E-state index contributed by atoms with van der Waals surface area (Å²) in [5.74, 6) is 1.22. The van der Waals surface area contributed by atoms with Gasteiger partial charge in [-0.05, 0) is 31.1 Å². The summed E-state index contributed by atoms with van der Waals surface area (Å²) in [6, 6.07) is 0. The van der Waals surface area contributed by atoms with Gasteiger partial charge in [0.05, 0.1) is 0 Å². The first-order valence-corrected chi connectivity index (χ1v) is 7.27. The van der Waals surface area contributed by atoms with Gasteiger partial charge in [-0.15, -0.1) is 0 Å². The first kappa shape index (κ1) is 14.2. The number of nitrogens with two attached hydrogens (primary N) is 1. The summed E-state index contributed by atoms with van der Waals surface area (Å²) in [5.41, 5.74) is 5.10. The lowest BCUT2D eigenvalue weighted by atomic mass is 9.81. The summed E-state index contributed by atoms with van der Waals surface area (Å²) in [5, 5.41) is 12.1. The fourth-order valence-electron chi connectivity index (χ4n) is 3.79. The summed E-state index contributed by atoms with van der Waals surface area (Å²) >= 11 is 0. The van der Waals surface area contributed by atoms with E-state index in [9.17, 15) is 4.79 Å². The van der Waals surface area contributed by atoms with Crippen LogP contribution >= 0.6 is 0 Å². The van der Waals surface area contributed by atoms with Gasteiger partial charge in [-0.2, -0.15) is 0 Å². The fraction of sp³-hybridized carbons (Fsp3) is 0.857. The van der Waals surface area contributed by atoms with Crippen molar-refractivity contribution in [1.29, 1.82) is 0 Å². The highest BCUT2D eigenvalue weighted by Gasteiger charge is 2.48. The zero-order valence-electron chi connectivity index (χ0n) is 11.9. The number of amides is 1. The number of hydrogen-bond acceptors (Lipinski definition) is 3. The Morgan fingerprint density at radius 3 is 2.26 bits per heavy atom. The molecule has 0 bridgehead atoms. The zero-order valence-corrected chi connectivity index (χ0v) is 11.9. The largest absolute Gasteiger partial charge is 0.409 e. The van der Waals surface area contributed by atoms with Crippen molar-refractivity contribution in [2.24, 2.45) is 28.1 Å². The minimum Gasteiger partial charge on any atom is -0.409 e. The van der Waals surface area contributed by atoms with Crippen molar-refractivity contribution in [3.8, 4) is 0 Å². The number of amidine groups is 1. The normalized spacial score (nSPS) is 31.5. The molecule has 1 aliphatic carbocycles. The molecule has 0 radical (unpaired) electrons. The van der Waals surface area contributed by atoms with Gasteiger partial charge >= 0.3 is 0 Å². The van der Waals surface area contributed by atoms with Gasteiger partial charge in [0.1, 0.15) is 5.41 Å². The van der Waals surface area contributed by atoms with E-state index in [0.717, 1.165) is 25.9 Å². The number of hydrogen-bond donors (Lipinski definition) is 2. The van der Waals surface area contributed by atoms with E-state index >= 15 is 0 Å². The molecule has 1 heterocycles. The van der Waals surface area contributed by atoms with Crippen molar-refractivity contribution in [3.63, 3.8) is 0 Å². The predicted molar refractivity (Wildman–Crippen MR) is 73.8 cm³/mol. The first-order valence-electron chi connectivity index (χ1n) is 7.27. The molecule has 108 valence electrons. The molecule has 1 saturated carbocycles. The van der Waals surface area contributed by atoms with Crippen molar-refractivity contribution in [2.75, 3.05) is 13.1 Å². The van der Waals surface area contributed by atoms with Crippen molar-refractivity contribution in [2.45, 2.75) is 46.0 Å². The maximum absolute atomic E-state index is 12.9. The van der Waals surface area contributed by atoms with Crippen LogP contribution in [0.5, 0.6) is 0 Å². The maximum Gasteiger partial charge on any atom is 0.236 e. The van der Waals surface area contributed by atoms with Crippen molar-refractivity contribution < 1.29 is 10.0 Å². The van der Waals surface area contributed by atoms with E-state index in [2.05, 4.69) is 19.0 Å². The Kier molecular flexibility index (Phi) is 4.02. The average Bonchev–Trinajstić information content (AvgIpc) is 2.86. The van der Waals surface area contributed by atoms with E-state index in [1.807, 2.05) is 4.90 Å². The Hall–Kier alpha value is -1.26. The van der Waals surface area contributed by atoms with Crippen LogP contribution in [0.25, 0.3) is 0 Å². The van der Waals surface area contributed by atoms with E-state index in [4.69, 9.17) is 10.9 Å². The highest BCUT2D eigenvalue weighted by atomic mass is 16.4. The van der Waals surface area contributed by atoms with Crippen molar-refractivity contribution in [3.05, 3.63) is 0 Å². The van der Waals surface area contributed by atoms with E-state index in [1.54, 1.807) is 0 Å². The standard InChI is InChI=1S/C14H25N3O2/c1-10-7-11(2)9-17(8-10)13(18)14(12(15)16-19)5-3-4-6-14/h10-11,19H,3-9H2,1-2H3,(H2,15,16). The molecular formula is C14H25N3O2. The molecule has 2 rings (SSSR count). The lowest BCUT2D eigenvalue weighted by Crippen LogP contribution is -2.53. The average molecular weight is 267 g/mol. The molecule has 0 spiro atoms.